The Morgan fingerprint density at radius 2 is 1.88 bits per heavy atom. The molecular formula is C12H10N4. The summed E-state index contributed by atoms with van der Waals surface area (Å²) >= 11 is 0. The molecule has 2 aromatic heterocycles. The summed E-state index contributed by atoms with van der Waals surface area (Å²) in [6.45, 7) is 0. The van der Waals surface area contributed by atoms with E-state index < -0.39 is 0 Å². The summed E-state index contributed by atoms with van der Waals surface area (Å²) < 4.78 is 1.99. The molecule has 2 heterocycles. The van der Waals surface area contributed by atoms with E-state index in [-0.39, 0.29) is 0 Å². The highest BCUT2D eigenvalue weighted by Gasteiger charge is 2.04. The maximum absolute atomic E-state index is 5.59. The zero-order valence-corrected chi connectivity index (χ0v) is 8.54. The minimum absolute atomic E-state index is 0.295. The lowest BCUT2D eigenvalue weighted by Gasteiger charge is -2.03. The number of hydrogen-bond acceptors (Lipinski definition) is 3. The number of fused-ring (bicyclic) bond motifs is 1. The molecule has 4 heteroatoms. The molecule has 0 saturated carbocycles. The highest BCUT2D eigenvalue weighted by atomic mass is 15.1. The molecule has 0 unspecified atom stereocenters. The lowest BCUT2D eigenvalue weighted by Crippen LogP contribution is -1.98. The molecule has 0 amide bonds. The summed E-state index contributed by atoms with van der Waals surface area (Å²) in [7, 11) is 0. The van der Waals surface area contributed by atoms with E-state index in [1.54, 1.807) is 6.20 Å². The molecule has 4 nitrogen and oxygen atoms in total. The van der Waals surface area contributed by atoms with E-state index in [0.717, 1.165) is 16.7 Å². The van der Waals surface area contributed by atoms with E-state index in [1.165, 1.54) is 0 Å². The first kappa shape index (κ1) is 8.91. The summed E-state index contributed by atoms with van der Waals surface area (Å²) in [5, 5.41) is 0.984. The highest BCUT2D eigenvalue weighted by molar-refractivity contribution is 5.78. The average Bonchev–Trinajstić information content (AvgIpc) is 2.73. The van der Waals surface area contributed by atoms with Crippen molar-refractivity contribution in [2.75, 3.05) is 5.73 Å². The number of aromatic nitrogens is 3. The molecule has 0 bridgehead atoms. The summed E-state index contributed by atoms with van der Waals surface area (Å²) in [6, 6.07) is 12.0. The van der Waals surface area contributed by atoms with Crippen LogP contribution in [-0.4, -0.2) is 14.5 Å². The van der Waals surface area contributed by atoms with Gasteiger partial charge in [-0.1, -0.05) is 18.2 Å². The van der Waals surface area contributed by atoms with Gasteiger partial charge < -0.3 is 10.3 Å². The van der Waals surface area contributed by atoms with Crippen LogP contribution in [0.4, 0.5) is 5.95 Å². The van der Waals surface area contributed by atoms with Crippen molar-refractivity contribution in [2.45, 2.75) is 0 Å². The number of rotatable bonds is 1. The van der Waals surface area contributed by atoms with E-state index in [4.69, 9.17) is 5.73 Å². The van der Waals surface area contributed by atoms with E-state index in [1.807, 2.05) is 47.2 Å². The van der Waals surface area contributed by atoms with Crippen LogP contribution >= 0.6 is 0 Å². The first-order chi connectivity index (χ1) is 7.84. The first-order valence-corrected chi connectivity index (χ1v) is 4.99. The SMILES string of the molecule is Nc1ncc2ccn(-c3ccccc3)c2n1. The first-order valence-electron chi connectivity index (χ1n) is 4.99. The Hall–Kier alpha value is -2.36. The van der Waals surface area contributed by atoms with Gasteiger partial charge in [-0.15, -0.1) is 0 Å². The van der Waals surface area contributed by atoms with E-state index in [2.05, 4.69) is 9.97 Å². The zero-order chi connectivity index (χ0) is 11.0. The number of nitrogens with two attached hydrogens (primary N) is 1. The number of para-hydroxylation sites is 1. The Morgan fingerprint density at radius 1 is 1.06 bits per heavy atom. The van der Waals surface area contributed by atoms with Crippen LogP contribution in [0.3, 0.4) is 0 Å². The predicted molar refractivity (Wildman–Crippen MR) is 63.3 cm³/mol. The van der Waals surface area contributed by atoms with Gasteiger partial charge in [-0.2, -0.15) is 4.98 Å². The summed E-state index contributed by atoms with van der Waals surface area (Å²) in [5.41, 5.74) is 7.49. The van der Waals surface area contributed by atoms with Crippen molar-refractivity contribution in [2.24, 2.45) is 0 Å². The van der Waals surface area contributed by atoms with Crippen LogP contribution in [-0.2, 0) is 0 Å². The third kappa shape index (κ3) is 1.32. The Bertz CT molecular complexity index is 628. The second kappa shape index (κ2) is 3.34. The molecule has 3 rings (SSSR count). The van der Waals surface area contributed by atoms with E-state index in [0.29, 0.717) is 5.95 Å². The number of hydrogen-bond donors (Lipinski definition) is 1. The molecule has 0 aliphatic heterocycles. The highest BCUT2D eigenvalue weighted by Crippen LogP contribution is 2.18. The zero-order valence-electron chi connectivity index (χ0n) is 8.54. The lowest BCUT2D eigenvalue weighted by atomic mass is 10.3. The van der Waals surface area contributed by atoms with Gasteiger partial charge in [-0.05, 0) is 18.2 Å². The fraction of sp³-hybridized carbons (Fsp3) is 0. The van der Waals surface area contributed by atoms with Gasteiger partial charge in [0.1, 0.15) is 5.65 Å². The largest absolute Gasteiger partial charge is 0.368 e. The molecule has 2 N–H and O–H groups in total. The lowest BCUT2D eigenvalue weighted by molar-refractivity contribution is 1.08. The molecule has 0 aliphatic rings. The Kier molecular flexibility index (Phi) is 1.86. The standard InChI is InChI=1S/C12H10N4/c13-12-14-8-9-6-7-16(11(9)15-12)10-4-2-1-3-5-10/h1-8H,(H2,13,14,15). The monoisotopic (exact) mass is 210 g/mol. The van der Waals surface area contributed by atoms with Crippen LogP contribution in [0.15, 0.2) is 48.8 Å². The van der Waals surface area contributed by atoms with E-state index in [9.17, 15) is 0 Å². The summed E-state index contributed by atoms with van der Waals surface area (Å²) in [5.74, 6) is 0.295. The maximum atomic E-state index is 5.59. The van der Waals surface area contributed by atoms with Crippen molar-refractivity contribution in [3.05, 3.63) is 48.8 Å². The van der Waals surface area contributed by atoms with E-state index >= 15 is 0 Å². The van der Waals surface area contributed by atoms with Crippen LogP contribution in [0, 0.1) is 0 Å². The van der Waals surface area contributed by atoms with Crippen LogP contribution in [0.25, 0.3) is 16.7 Å². The fourth-order valence-corrected chi connectivity index (χ4v) is 1.73. The van der Waals surface area contributed by atoms with Crippen molar-refractivity contribution >= 4 is 17.0 Å². The normalized spacial score (nSPS) is 10.8. The Balaban J connectivity index is 2.29. The Morgan fingerprint density at radius 3 is 2.69 bits per heavy atom. The van der Waals surface area contributed by atoms with Crippen LogP contribution < -0.4 is 5.73 Å². The smallest absolute Gasteiger partial charge is 0.221 e. The van der Waals surface area contributed by atoms with Crippen molar-refractivity contribution in [1.82, 2.24) is 14.5 Å². The summed E-state index contributed by atoms with van der Waals surface area (Å²) in [4.78, 5) is 8.21. The van der Waals surface area contributed by atoms with Crippen molar-refractivity contribution in [3.8, 4) is 5.69 Å². The van der Waals surface area contributed by atoms with Crippen LogP contribution in [0.5, 0.6) is 0 Å². The molecule has 16 heavy (non-hydrogen) atoms. The minimum atomic E-state index is 0.295. The van der Waals surface area contributed by atoms with Gasteiger partial charge >= 0.3 is 0 Å². The predicted octanol–water partition coefficient (Wildman–Crippen LogP) is 2.00. The third-order valence-electron chi connectivity index (χ3n) is 2.48. The van der Waals surface area contributed by atoms with Crippen molar-refractivity contribution in [1.29, 1.82) is 0 Å². The van der Waals surface area contributed by atoms with Gasteiger partial charge in [0.25, 0.3) is 0 Å². The molecule has 0 atom stereocenters. The molecule has 0 spiro atoms. The molecule has 78 valence electrons. The third-order valence-corrected chi connectivity index (χ3v) is 2.48. The minimum Gasteiger partial charge on any atom is -0.368 e. The topological polar surface area (TPSA) is 56.7 Å². The maximum Gasteiger partial charge on any atom is 0.221 e. The molecule has 0 saturated heterocycles. The van der Waals surface area contributed by atoms with Crippen molar-refractivity contribution < 1.29 is 0 Å². The second-order valence-electron chi connectivity index (χ2n) is 3.53. The fourth-order valence-electron chi connectivity index (χ4n) is 1.73. The van der Waals surface area contributed by atoms with Gasteiger partial charge in [-0.3, -0.25) is 0 Å². The molecule has 1 aromatic carbocycles. The number of nitrogen functional groups attached to an aromatic ring is 1. The molecule has 0 aliphatic carbocycles. The molecule has 3 aromatic rings. The van der Waals surface area contributed by atoms with Gasteiger partial charge in [0, 0.05) is 23.5 Å². The van der Waals surface area contributed by atoms with Crippen molar-refractivity contribution in [3.63, 3.8) is 0 Å². The summed E-state index contributed by atoms with van der Waals surface area (Å²) in [6.07, 6.45) is 3.70. The molecular weight excluding hydrogens is 200 g/mol. The quantitative estimate of drug-likeness (QED) is 0.668. The average molecular weight is 210 g/mol. The molecule has 0 radical (unpaired) electrons. The molecule has 0 fully saturated rings. The van der Waals surface area contributed by atoms with Gasteiger partial charge in [0.05, 0.1) is 0 Å². The number of anilines is 1. The number of nitrogens with zero attached hydrogens (tertiary/aromatic N) is 3. The Labute approximate surface area is 92.4 Å². The van der Waals surface area contributed by atoms with Gasteiger partial charge in [-0.25, -0.2) is 4.98 Å². The van der Waals surface area contributed by atoms with Crippen LogP contribution in [0.2, 0.25) is 0 Å². The van der Waals surface area contributed by atoms with Crippen LogP contribution in [0.1, 0.15) is 0 Å². The second-order valence-corrected chi connectivity index (χ2v) is 3.53. The van der Waals surface area contributed by atoms with Gasteiger partial charge in [0.15, 0.2) is 0 Å². The van der Waals surface area contributed by atoms with Gasteiger partial charge in [0.2, 0.25) is 5.95 Å². The number of benzene rings is 1.